The number of H-pyrrole nitrogens is 1. The number of nitrogens with one attached hydrogen (secondary N) is 2. The maximum Gasteiger partial charge on any atom is 0.269 e. The number of aromatic nitrogens is 2. The first-order valence-electron chi connectivity index (χ1n) is 6.91. The maximum atomic E-state index is 13.1. The molecule has 21 heavy (non-hydrogen) atoms. The molecule has 2 aromatic rings. The number of nitrogens with zero attached hydrogens (tertiary/aromatic N) is 1. The molecule has 1 fully saturated rings. The Morgan fingerprint density at radius 1 is 1.38 bits per heavy atom. The highest BCUT2D eigenvalue weighted by atomic mass is 19.1. The number of hydrogen-bond donors (Lipinski definition) is 2. The van der Waals surface area contributed by atoms with Gasteiger partial charge in [-0.1, -0.05) is 12.1 Å². The summed E-state index contributed by atoms with van der Waals surface area (Å²) in [7, 11) is 0. The van der Waals surface area contributed by atoms with Gasteiger partial charge in [-0.3, -0.25) is 9.89 Å². The Labute approximate surface area is 121 Å². The second kappa shape index (κ2) is 6.05. The fourth-order valence-corrected chi connectivity index (χ4v) is 2.53. The number of rotatable bonds is 4. The molecule has 3 rings (SSSR count). The van der Waals surface area contributed by atoms with Gasteiger partial charge < -0.3 is 10.1 Å². The Hall–Kier alpha value is -2.21. The Bertz CT molecular complexity index is 592. The molecule has 1 amide bonds. The van der Waals surface area contributed by atoms with Gasteiger partial charge in [0.15, 0.2) is 0 Å². The molecule has 2 N–H and O–H groups in total. The molecule has 0 spiro atoms. The molecule has 5 nitrogen and oxygen atoms in total. The quantitative estimate of drug-likeness (QED) is 0.906. The second-order valence-corrected chi connectivity index (χ2v) is 5.02. The largest absolute Gasteiger partial charge is 0.376 e. The van der Waals surface area contributed by atoms with Gasteiger partial charge >= 0.3 is 0 Å². The highest BCUT2D eigenvalue weighted by Gasteiger charge is 2.29. The number of carbonyl (C=O) groups excluding carboxylic acids is 1. The minimum absolute atomic E-state index is 0.0951. The molecule has 0 radical (unpaired) electrons. The minimum atomic E-state index is -0.302. The van der Waals surface area contributed by atoms with Crippen molar-refractivity contribution in [1.82, 2.24) is 15.5 Å². The van der Waals surface area contributed by atoms with Gasteiger partial charge in [0.05, 0.1) is 12.1 Å². The zero-order valence-corrected chi connectivity index (χ0v) is 11.4. The summed E-state index contributed by atoms with van der Waals surface area (Å²) in [5, 5.41) is 9.34. The van der Waals surface area contributed by atoms with Crippen LogP contribution in [-0.2, 0) is 4.74 Å². The highest BCUT2D eigenvalue weighted by Crippen LogP contribution is 2.27. The van der Waals surface area contributed by atoms with E-state index in [0.717, 1.165) is 18.4 Å². The first kappa shape index (κ1) is 13.8. The molecular weight excluding hydrogens is 273 g/mol. The number of benzene rings is 1. The fraction of sp³-hybridized carbons (Fsp3) is 0.333. The predicted molar refractivity (Wildman–Crippen MR) is 74.2 cm³/mol. The normalized spacial score (nSPS) is 19.4. The van der Waals surface area contributed by atoms with Crippen molar-refractivity contribution >= 4 is 5.91 Å². The average molecular weight is 289 g/mol. The minimum Gasteiger partial charge on any atom is -0.376 e. The zero-order valence-electron chi connectivity index (χ0n) is 11.4. The average Bonchev–Trinajstić information content (AvgIpc) is 3.19. The standard InChI is InChI=1S/C15H16FN3O2/c16-11-5-3-10(4-6-11)14(13-2-1-9-21-13)18-15(20)12-7-8-17-19-12/h3-8,13-14H,1-2,9H2,(H,17,19)(H,18,20)/t13-,14-/m1/s1. The van der Waals surface area contributed by atoms with Crippen molar-refractivity contribution in [1.29, 1.82) is 0 Å². The van der Waals surface area contributed by atoms with E-state index in [0.29, 0.717) is 12.3 Å². The molecule has 1 saturated heterocycles. The molecule has 1 aromatic heterocycles. The third-order valence-corrected chi connectivity index (χ3v) is 3.60. The monoisotopic (exact) mass is 289 g/mol. The van der Waals surface area contributed by atoms with Gasteiger partial charge in [-0.25, -0.2) is 4.39 Å². The summed E-state index contributed by atoms with van der Waals surface area (Å²) in [6.07, 6.45) is 3.25. The number of hydrogen-bond acceptors (Lipinski definition) is 3. The van der Waals surface area contributed by atoms with Crippen molar-refractivity contribution in [3.05, 3.63) is 53.6 Å². The van der Waals surface area contributed by atoms with E-state index in [1.54, 1.807) is 18.2 Å². The third kappa shape index (κ3) is 3.11. The molecule has 110 valence electrons. The van der Waals surface area contributed by atoms with Crippen molar-refractivity contribution in [2.45, 2.75) is 25.0 Å². The van der Waals surface area contributed by atoms with Crippen molar-refractivity contribution < 1.29 is 13.9 Å². The van der Waals surface area contributed by atoms with Crippen molar-refractivity contribution in [2.24, 2.45) is 0 Å². The van der Waals surface area contributed by atoms with Gasteiger partial charge in [0.1, 0.15) is 11.5 Å². The first-order valence-corrected chi connectivity index (χ1v) is 6.91. The summed E-state index contributed by atoms with van der Waals surface area (Å²) < 4.78 is 18.8. The maximum absolute atomic E-state index is 13.1. The van der Waals surface area contributed by atoms with Gasteiger partial charge in [0, 0.05) is 12.8 Å². The molecule has 2 heterocycles. The lowest BCUT2D eigenvalue weighted by Gasteiger charge is -2.24. The second-order valence-electron chi connectivity index (χ2n) is 5.02. The van der Waals surface area contributed by atoms with Gasteiger partial charge in [0.2, 0.25) is 0 Å². The highest BCUT2D eigenvalue weighted by molar-refractivity contribution is 5.92. The van der Waals surface area contributed by atoms with E-state index in [1.807, 2.05) is 0 Å². The van der Waals surface area contributed by atoms with E-state index in [9.17, 15) is 9.18 Å². The van der Waals surface area contributed by atoms with Crippen LogP contribution in [0, 0.1) is 5.82 Å². The zero-order chi connectivity index (χ0) is 14.7. The van der Waals surface area contributed by atoms with Crippen LogP contribution in [0.3, 0.4) is 0 Å². The molecule has 2 atom stereocenters. The predicted octanol–water partition coefficient (Wildman–Crippen LogP) is 2.20. The molecule has 0 unspecified atom stereocenters. The molecule has 0 bridgehead atoms. The van der Waals surface area contributed by atoms with Crippen LogP contribution in [0.25, 0.3) is 0 Å². The van der Waals surface area contributed by atoms with Crippen LogP contribution in [0.15, 0.2) is 36.5 Å². The fourth-order valence-electron chi connectivity index (χ4n) is 2.53. The lowest BCUT2D eigenvalue weighted by molar-refractivity contribution is 0.0669. The lowest BCUT2D eigenvalue weighted by atomic mass is 9.99. The number of carbonyl (C=O) groups is 1. The summed E-state index contributed by atoms with van der Waals surface area (Å²) in [5.74, 6) is -0.554. The smallest absolute Gasteiger partial charge is 0.269 e. The number of amides is 1. The van der Waals surface area contributed by atoms with E-state index in [1.165, 1.54) is 18.3 Å². The molecule has 1 aliphatic rings. The summed E-state index contributed by atoms with van der Waals surface area (Å²) in [6, 6.07) is 7.43. The summed E-state index contributed by atoms with van der Waals surface area (Å²) >= 11 is 0. The van der Waals surface area contributed by atoms with Gasteiger partial charge in [0.25, 0.3) is 5.91 Å². The van der Waals surface area contributed by atoms with Crippen LogP contribution in [0.4, 0.5) is 4.39 Å². The lowest BCUT2D eigenvalue weighted by Crippen LogP contribution is -2.36. The molecule has 6 heteroatoms. The summed E-state index contributed by atoms with van der Waals surface area (Å²) in [4.78, 5) is 12.2. The van der Waals surface area contributed by atoms with Crippen LogP contribution in [0.5, 0.6) is 0 Å². The molecule has 0 aliphatic carbocycles. The number of aromatic amines is 1. The Kier molecular flexibility index (Phi) is 3.96. The molecule has 0 saturated carbocycles. The van der Waals surface area contributed by atoms with Crippen LogP contribution in [0.1, 0.15) is 34.9 Å². The van der Waals surface area contributed by atoms with Gasteiger partial charge in [-0.15, -0.1) is 0 Å². The molecule has 1 aliphatic heterocycles. The first-order chi connectivity index (χ1) is 10.2. The van der Waals surface area contributed by atoms with Crippen molar-refractivity contribution in [3.63, 3.8) is 0 Å². The SMILES string of the molecule is O=C(N[C@H](c1ccc(F)cc1)[C@H]1CCCO1)c1ccn[nH]1. The Morgan fingerprint density at radius 2 is 2.19 bits per heavy atom. The summed E-state index contributed by atoms with van der Waals surface area (Å²) in [5.41, 5.74) is 1.22. The Morgan fingerprint density at radius 3 is 2.81 bits per heavy atom. The number of halogens is 1. The van der Waals surface area contributed by atoms with Crippen LogP contribution >= 0.6 is 0 Å². The van der Waals surface area contributed by atoms with Crippen LogP contribution in [-0.4, -0.2) is 28.8 Å². The van der Waals surface area contributed by atoms with E-state index >= 15 is 0 Å². The third-order valence-electron chi connectivity index (χ3n) is 3.60. The van der Waals surface area contributed by atoms with E-state index in [2.05, 4.69) is 15.5 Å². The Balaban J connectivity index is 1.82. The topological polar surface area (TPSA) is 67.0 Å². The van der Waals surface area contributed by atoms with Crippen molar-refractivity contribution in [3.8, 4) is 0 Å². The van der Waals surface area contributed by atoms with Crippen LogP contribution < -0.4 is 5.32 Å². The molecule has 1 aromatic carbocycles. The summed E-state index contributed by atoms with van der Waals surface area (Å²) in [6.45, 7) is 0.683. The van der Waals surface area contributed by atoms with Crippen molar-refractivity contribution in [2.75, 3.05) is 6.61 Å². The van der Waals surface area contributed by atoms with E-state index < -0.39 is 0 Å². The molecular formula is C15H16FN3O2. The van der Waals surface area contributed by atoms with E-state index in [-0.39, 0.29) is 23.9 Å². The van der Waals surface area contributed by atoms with Gasteiger partial charge in [-0.2, -0.15) is 5.10 Å². The van der Waals surface area contributed by atoms with Gasteiger partial charge in [-0.05, 0) is 36.6 Å². The van der Waals surface area contributed by atoms with E-state index in [4.69, 9.17) is 4.74 Å². The number of ether oxygens (including phenoxy) is 1. The van der Waals surface area contributed by atoms with Crippen LogP contribution in [0.2, 0.25) is 0 Å².